The van der Waals surface area contributed by atoms with Gasteiger partial charge in [-0.25, -0.2) is 18.6 Å². The molecule has 1 heterocycles. The summed E-state index contributed by atoms with van der Waals surface area (Å²) in [7, 11) is 3.14. The van der Waals surface area contributed by atoms with Crippen LogP contribution in [0.1, 0.15) is 16.7 Å². The molecule has 41 heavy (non-hydrogen) atoms. The first-order valence-corrected chi connectivity index (χ1v) is 13.4. The van der Waals surface area contributed by atoms with Crippen molar-refractivity contribution in [1.82, 2.24) is 25.1 Å². The van der Waals surface area contributed by atoms with Gasteiger partial charge in [0.25, 0.3) is 0 Å². The van der Waals surface area contributed by atoms with E-state index in [-0.39, 0.29) is 43.1 Å². The SMILES string of the molecule is CN(CC(=O)N1CCN(CCc2ccc(F)cc2)C(=O)C1)N(C)C(=O)NCc1ccc(F)cc1.Cc1ccccc1. The lowest BCUT2D eigenvalue weighted by molar-refractivity contribution is -0.147. The lowest BCUT2D eigenvalue weighted by Gasteiger charge is -2.36. The van der Waals surface area contributed by atoms with Crippen LogP contribution >= 0.6 is 0 Å². The zero-order valence-electron chi connectivity index (χ0n) is 23.7. The van der Waals surface area contributed by atoms with E-state index in [0.717, 1.165) is 11.1 Å². The molecule has 8 nitrogen and oxygen atoms in total. The molecule has 1 aliphatic rings. The maximum atomic E-state index is 13.0. The van der Waals surface area contributed by atoms with Gasteiger partial charge >= 0.3 is 6.03 Å². The number of amides is 4. The van der Waals surface area contributed by atoms with Gasteiger partial charge in [-0.3, -0.25) is 14.6 Å². The molecule has 0 unspecified atom stereocenters. The molecule has 10 heteroatoms. The summed E-state index contributed by atoms with van der Waals surface area (Å²) in [6.45, 7) is 3.55. The summed E-state index contributed by atoms with van der Waals surface area (Å²) in [6, 6.07) is 21.8. The number of carbonyl (C=O) groups is 3. The minimum Gasteiger partial charge on any atom is -0.339 e. The summed E-state index contributed by atoms with van der Waals surface area (Å²) in [4.78, 5) is 40.8. The molecule has 4 rings (SSSR count). The quantitative estimate of drug-likeness (QED) is 0.421. The normalized spacial score (nSPS) is 13.0. The van der Waals surface area contributed by atoms with E-state index < -0.39 is 6.03 Å². The standard InChI is InChI=1S/C24H29F2N5O3.C7H8/c1-28(29(2)24(34)27-15-19-5-9-21(26)10-6-19)16-22(32)31-14-13-30(23(33)17-31)12-11-18-3-7-20(25)8-4-18;1-7-5-3-2-4-6-7/h3-10H,11-17H2,1-2H3,(H,27,34);2-6H,1H3. The Hall–Kier alpha value is -4.31. The molecule has 1 fully saturated rings. The van der Waals surface area contributed by atoms with E-state index in [4.69, 9.17) is 0 Å². The van der Waals surface area contributed by atoms with Crippen molar-refractivity contribution in [2.75, 3.05) is 46.8 Å². The van der Waals surface area contributed by atoms with Crippen LogP contribution in [0, 0.1) is 18.6 Å². The number of hydrogen-bond acceptors (Lipinski definition) is 4. The Balaban J connectivity index is 0.000000575. The third-order valence-electron chi connectivity index (χ3n) is 6.72. The van der Waals surface area contributed by atoms with Gasteiger partial charge in [0.05, 0.1) is 13.1 Å². The fourth-order valence-corrected chi connectivity index (χ4v) is 4.06. The molecular formula is C31H37F2N5O3. The van der Waals surface area contributed by atoms with Gasteiger partial charge in [-0.15, -0.1) is 0 Å². The van der Waals surface area contributed by atoms with Crippen molar-refractivity contribution in [3.05, 3.63) is 107 Å². The summed E-state index contributed by atoms with van der Waals surface area (Å²) in [5.74, 6) is -1.05. The van der Waals surface area contributed by atoms with E-state index in [1.807, 2.05) is 18.2 Å². The average Bonchev–Trinajstić information content (AvgIpc) is 2.97. The Labute approximate surface area is 240 Å². The first-order chi connectivity index (χ1) is 19.6. The van der Waals surface area contributed by atoms with Crippen LogP contribution in [0.15, 0.2) is 78.9 Å². The molecule has 0 aromatic heterocycles. The van der Waals surface area contributed by atoms with Gasteiger partial charge in [0, 0.05) is 40.3 Å². The van der Waals surface area contributed by atoms with Crippen molar-refractivity contribution >= 4 is 17.8 Å². The smallest absolute Gasteiger partial charge is 0.331 e. The molecule has 0 bridgehead atoms. The van der Waals surface area contributed by atoms with Gasteiger partial charge in [-0.2, -0.15) is 0 Å². The van der Waals surface area contributed by atoms with Crippen molar-refractivity contribution in [2.45, 2.75) is 19.9 Å². The third-order valence-corrected chi connectivity index (χ3v) is 6.72. The topological polar surface area (TPSA) is 76.2 Å². The molecule has 0 spiro atoms. The number of likely N-dealkylation sites (N-methyl/N-ethyl adjacent to an activating group) is 1. The highest BCUT2D eigenvalue weighted by molar-refractivity contribution is 5.87. The number of urea groups is 1. The van der Waals surface area contributed by atoms with E-state index in [9.17, 15) is 23.2 Å². The lowest BCUT2D eigenvalue weighted by Crippen LogP contribution is -2.56. The number of aryl methyl sites for hydroxylation is 1. The van der Waals surface area contributed by atoms with Crippen LogP contribution in [0.5, 0.6) is 0 Å². The Kier molecular flexibility index (Phi) is 11.8. The number of hydrazine groups is 1. The van der Waals surface area contributed by atoms with Crippen molar-refractivity contribution in [1.29, 1.82) is 0 Å². The Bertz CT molecular complexity index is 1270. The van der Waals surface area contributed by atoms with Crippen LogP contribution in [0.4, 0.5) is 13.6 Å². The highest BCUT2D eigenvalue weighted by atomic mass is 19.1. The van der Waals surface area contributed by atoms with E-state index in [1.165, 1.54) is 51.8 Å². The second-order valence-corrected chi connectivity index (χ2v) is 9.85. The number of halogens is 2. The molecule has 0 aliphatic carbocycles. The number of rotatable bonds is 8. The first kappa shape index (κ1) is 31.2. The fourth-order valence-electron chi connectivity index (χ4n) is 4.06. The Morgan fingerprint density at radius 3 is 1.98 bits per heavy atom. The molecule has 4 amide bonds. The maximum absolute atomic E-state index is 13.0. The molecule has 0 atom stereocenters. The minimum atomic E-state index is -0.415. The van der Waals surface area contributed by atoms with Gasteiger partial charge in [-0.05, 0) is 48.7 Å². The van der Waals surface area contributed by atoms with E-state index in [2.05, 4.69) is 24.4 Å². The molecule has 3 aromatic rings. The minimum absolute atomic E-state index is 0.0173. The summed E-state index contributed by atoms with van der Waals surface area (Å²) >= 11 is 0. The van der Waals surface area contributed by atoms with Crippen LogP contribution in [0.3, 0.4) is 0 Å². The number of carbonyl (C=O) groups excluding carboxylic acids is 3. The number of piperazine rings is 1. The summed E-state index contributed by atoms with van der Waals surface area (Å²) in [5.41, 5.74) is 3.01. The second-order valence-electron chi connectivity index (χ2n) is 9.85. The van der Waals surface area contributed by atoms with E-state index in [1.54, 1.807) is 36.2 Å². The predicted octanol–water partition coefficient (Wildman–Crippen LogP) is 3.86. The van der Waals surface area contributed by atoms with Crippen molar-refractivity contribution in [3.63, 3.8) is 0 Å². The largest absolute Gasteiger partial charge is 0.339 e. The number of nitrogens with one attached hydrogen (secondary N) is 1. The monoisotopic (exact) mass is 565 g/mol. The van der Waals surface area contributed by atoms with Gasteiger partial charge in [0.2, 0.25) is 11.8 Å². The lowest BCUT2D eigenvalue weighted by atomic mass is 10.1. The zero-order valence-corrected chi connectivity index (χ0v) is 23.7. The summed E-state index contributed by atoms with van der Waals surface area (Å²) in [5, 5.41) is 5.46. The van der Waals surface area contributed by atoms with Crippen molar-refractivity contribution in [2.24, 2.45) is 0 Å². The Morgan fingerprint density at radius 2 is 1.44 bits per heavy atom. The highest BCUT2D eigenvalue weighted by Crippen LogP contribution is 2.09. The van der Waals surface area contributed by atoms with Crippen LogP contribution in [0.25, 0.3) is 0 Å². The highest BCUT2D eigenvalue weighted by Gasteiger charge is 2.28. The molecule has 0 saturated carbocycles. The van der Waals surface area contributed by atoms with E-state index in [0.29, 0.717) is 26.1 Å². The maximum Gasteiger partial charge on any atom is 0.331 e. The number of hydrogen-bond donors (Lipinski definition) is 1. The summed E-state index contributed by atoms with van der Waals surface area (Å²) < 4.78 is 26.0. The first-order valence-electron chi connectivity index (χ1n) is 13.4. The molecule has 1 N–H and O–H groups in total. The number of nitrogens with zero attached hydrogens (tertiary/aromatic N) is 4. The molecular weight excluding hydrogens is 528 g/mol. The number of benzene rings is 3. The van der Waals surface area contributed by atoms with Crippen molar-refractivity contribution < 1.29 is 23.2 Å². The fraction of sp³-hybridized carbons (Fsp3) is 0.323. The van der Waals surface area contributed by atoms with Crippen LogP contribution in [0.2, 0.25) is 0 Å². The van der Waals surface area contributed by atoms with Gasteiger partial charge in [0.1, 0.15) is 11.6 Å². The van der Waals surface area contributed by atoms with Crippen molar-refractivity contribution in [3.8, 4) is 0 Å². The van der Waals surface area contributed by atoms with Gasteiger partial charge < -0.3 is 15.1 Å². The summed E-state index contributed by atoms with van der Waals surface area (Å²) in [6.07, 6.45) is 0.612. The molecule has 0 radical (unpaired) electrons. The Morgan fingerprint density at radius 1 is 0.854 bits per heavy atom. The molecule has 1 aliphatic heterocycles. The molecule has 3 aromatic carbocycles. The predicted molar refractivity (Wildman–Crippen MR) is 153 cm³/mol. The second kappa shape index (κ2) is 15.5. The molecule has 1 saturated heterocycles. The van der Waals surface area contributed by atoms with E-state index >= 15 is 0 Å². The van der Waals surface area contributed by atoms with Crippen LogP contribution in [-0.4, -0.2) is 84.5 Å². The van der Waals surface area contributed by atoms with Gasteiger partial charge in [-0.1, -0.05) is 60.2 Å². The molecule has 218 valence electrons. The van der Waals surface area contributed by atoms with Gasteiger partial charge in [0.15, 0.2) is 0 Å². The zero-order chi connectivity index (χ0) is 29.8. The third kappa shape index (κ3) is 10.3. The average molecular weight is 566 g/mol. The van der Waals surface area contributed by atoms with Crippen LogP contribution < -0.4 is 5.32 Å². The van der Waals surface area contributed by atoms with Crippen LogP contribution in [-0.2, 0) is 22.6 Å².